The van der Waals surface area contributed by atoms with Crippen molar-refractivity contribution >= 4 is 28.8 Å². The van der Waals surface area contributed by atoms with Crippen LogP contribution in [0.1, 0.15) is 23.6 Å². The molecule has 0 radical (unpaired) electrons. The van der Waals surface area contributed by atoms with Gasteiger partial charge in [-0.25, -0.2) is 0 Å². The zero-order valence-electron chi connectivity index (χ0n) is 14.2. The summed E-state index contributed by atoms with van der Waals surface area (Å²) in [5.74, 6) is 0.932. The lowest BCUT2D eigenvalue weighted by Crippen LogP contribution is -1.97. The van der Waals surface area contributed by atoms with Crippen LogP contribution in [0.25, 0.3) is 23.1 Å². The minimum Gasteiger partial charge on any atom is -0.496 e. The molecule has 0 aliphatic carbocycles. The number of fused-ring (bicyclic) bond motifs is 1. The average molecular weight is 319 g/mol. The second-order valence-electron chi connectivity index (χ2n) is 6.00. The van der Waals surface area contributed by atoms with Gasteiger partial charge in [0.1, 0.15) is 11.5 Å². The third kappa shape index (κ3) is 3.25. The van der Waals surface area contributed by atoms with Crippen LogP contribution < -0.4 is 4.74 Å². The molecule has 0 saturated heterocycles. The molecule has 0 atom stereocenters. The van der Waals surface area contributed by atoms with Crippen LogP contribution in [0.2, 0.25) is 0 Å². The summed E-state index contributed by atoms with van der Waals surface area (Å²) >= 11 is 0. The van der Waals surface area contributed by atoms with Crippen molar-refractivity contribution in [2.45, 2.75) is 13.3 Å². The minimum absolute atomic E-state index is 0.149. The van der Waals surface area contributed by atoms with Gasteiger partial charge in [-0.05, 0) is 30.2 Å². The van der Waals surface area contributed by atoms with Gasteiger partial charge in [0.15, 0.2) is 0 Å². The first kappa shape index (κ1) is 16.1. The molecular weight excluding hydrogens is 298 g/mol. The first-order chi connectivity index (χ1) is 11.6. The summed E-state index contributed by atoms with van der Waals surface area (Å²) < 4.78 is 7.61. The monoisotopic (exact) mass is 319 g/mol. The molecule has 0 aliphatic heterocycles. The van der Waals surface area contributed by atoms with Crippen molar-refractivity contribution in [2.75, 3.05) is 7.11 Å². The van der Waals surface area contributed by atoms with E-state index in [1.165, 1.54) is 16.5 Å². The largest absolute Gasteiger partial charge is 0.496 e. The molecule has 2 aromatic carbocycles. The number of nitrogens with zero attached hydrogens (tertiary/aromatic N) is 1. The first-order valence-electron chi connectivity index (χ1n) is 7.97. The fourth-order valence-electron chi connectivity index (χ4n) is 2.98. The summed E-state index contributed by atoms with van der Waals surface area (Å²) in [6.45, 7) is 1.60. The molecule has 1 aromatic heterocycles. The highest BCUT2D eigenvalue weighted by Gasteiger charge is 2.06. The molecule has 0 spiro atoms. The van der Waals surface area contributed by atoms with E-state index in [0.29, 0.717) is 6.42 Å². The van der Waals surface area contributed by atoms with E-state index >= 15 is 0 Å². The van der Waals surface area contributed by atoms with Gasteiger partial charge in [-0.2, -0.15) is 0 Å². The summed E-state index contributed by atoms with van der Waals surface area (Å²) in [5, 5.41) is 1.23. The third-order valence-corrected chi connectivity index (χ3v) is 4.12. The van der Waals surface area contributed by atoms with E-state index in [4.69, 9.17) is 4.74 Å². The molecule has 0 fully saturated rings. The van der Waals surface area contributed by atoms with E-state index in [1.807, 2.05) is 24.3 Å². The van der Waals surface area contributed by atoms with Crippen LogP contribution in [0.5, 0.6) is 5.75 Å². The van der Waals surface area contributed by atoms with Crippen LogP contribution in [-0.4, -0.2) is 17.5 Å². The molecule has 0 aliphatic rings. The number of ketones is 1. The lowest BCUT2D eigenvalue weighted by molar-refractivity contribution is -0.116. The highest BCUT2D eigenvalue weighted by atomic mass is 16.5. The number of hydrogen-bond donors (Lipinski definition) is 0. The van der Waals surface area contributed by atoms with Crippen LogP contribution in [0.4, 0.5) is 0 Å². The standard InChI is InChI=1S/C21H21NO2/c1-15(23)12-16-8-9-17(21(13-16)24-3)10-11-18-14-22(2)20-7-5-4-6-19(18)20/h4-11,13-14H,12H2,1-3H3/b11-10+. The second-order valence-corrected chi connectivity index (χ2v) is 6.00. The van der Waals surface area contributed by atoms with Gasteiger partial charge in [0.25, 0.3) is 0 Å². The quantitative estimate of drug-likeness (QED) is 0.694. The van der Waals surface area contributed by atoms with Crippen molar-refractivity contribution in [2.24, 2.45) is 7.05 Å². The van der Waals surface area contributed by atoms with Gasteiger partial charge in [-0.3, -0.25) is 4.79 Å². The van der Waals surface area contributed by atoms with Crippen molar-refractivity contribution in [1.82, 2.24) is 4.57 Å². The number of methoxy groups -OCH3 is 1. The Hall–Kier alpha value is -2.81. The van der Waals surface area contributed by atoms with Crippen LogP contribution in [0.15, 0.2) is 48.7 Å². The molecular formula is C21H21NO2. The molecule has 3 nitrogen and oxygen atoms in total. The summed E-state index contributed by atoms with van der Waals surface area (Å²) in [6, 6.07) is 14.3. The van der Waals surface area contributed by atoms with Gasteiger partial charge >= 0.3 is 0 Å². The normalized spacial score (nSPS) is 11.3. The van der Waals surface area contributed by atoms with Gasteiger partial charge in [-0.1, -0.05) is 42.5 Å². The number of Topliss-reactive ketones (excluding diaryl/α,β-unsaturated/α-hetero) is 1. The molecule has 3 rings (SSSR count). The lowest BCUT2D eigenvalue weighted by atomic mass is 10.0. The Bertz CT molecular complexity index is 919. The van der Waals surface area contributed by atoms with Gasteiger partial charge in [0.05, 0.1) is 7.11 Å². The number of rotatable bonds is 5. The zero-order chi connectivity index (χ0) is 17.1. The number of para-hydroxylation sites is 1. The van der Waals surface area contributed by atoms with Crippen molar-refractivity contribution in [3.63, 3.8) is 0 Å². The van der Waals surface area contributed by atoms with Crippen LogP contribution >= 0.6 is 0 Å². The minimum atomic E-state index is 0.149. The fraction of sp³-hybridized carbons (Fsp3) is 0.190. The van der Waals surface area contributed by atoms with Gasteiger partial charge in [-0.15, -0.1) is 0 Å². The topological polar surface area (TPSA) is 31.2 Å². The molecule has 24 heavy (non-hydrogen) atoms. The maximum atomic E-state index is 11.3. The Balaban J connectivity index is 1.94. The predicted octanol–water partition coefficient (Wildman–Crippen LogP) is 4.49. The summed E-state index contributed by atoms with van der Waals surface area (Å²) in [4.78, 5) is 11.3. The molecule has 0 unspecified atom stereocenters. The molecule has 0 N–H and O–H groups in total. The number of benzene rings is 2. The number of hydrogen-bond acceptors (Lipinski definition) is 2. The number of carbonyl (C=O) groups is 1. The molecule has 3 aromatic rings. The van der Waals surface area contributed by atoms with Crippen molar-refractivity contribution in [3.8, 4) is 5.75 Å². The Morgan fingerprint density at radius 1 is 1.12 bits per heavy atom. The Kier molecular flexibility index (Phi) is 4.52. The Labute approximate surface area is 142 Å². The van der Waals surface area contributed by atoms with E-state index in [-0.39, 0.29) is 5.78 Å². The molecule has 1 heterocycles. The Morgan fingerprint density at radius 2 is 1.88 bits per heavy atom. The van der Waals surface area contributed by atoms with Crippen LogP contribution in [-0.2, 0) is 18.3 Å². The fourth-order valence-corrected chi connectivity index (χ4v) is 2.98. The first-order valence-corrected chi connectivity index (χ1v) is 7.97. The van der Waals surface area contributed by atoms with Gasteiger partial charge < -0.3 is 9.30 Å². The Morgan fingerprint density at radius 3 is 2.62 bits per heavy atom. The second kappa shape index (κ2) is 6.75. The van der Waals surface area contributed by atoms with Gasteiger partial charge in [0, 0.05) is 36.1 Å². The highest BCUT2D eigenvalue weighted by molar-refractivity contribution is 5.92. The van der Waals surface area contributed by atoms with E-state index < -0.39 is 0 Å². The highest BCUT2D eigenvalue weighted by Crippen LogP contribution is 2.26. The lowest BCUT2D eigenvalue weighted by Gasteiger charge is -2.07. The van der Waals surface area contributed by atoms with Crippen molar-refractivity contribution in [1.29, 1.82) is 0 Å². The summed E-state index contributed by atoms with van der Waals surface area (Å²) in [7, 11) is 3.71. The van der Waals surface area contributed by atoms with E-state index in [9.17, 15) is 4.79 Å². The molecule has 0 bridgehead atoms. The molecule has 0 amide bonds. The number of aryl methyl sites for hydroxylation is 1. The van der Waals surface area contributed by atoms with E-state index in [2.05, 4.69) is 48.2 Å². The number of carbonyl (C=O) groups excluding carboxylic acids is 1. The summed E-state index contributed by atoms with van der Waals surface area (Å²) in [6.07, 6.45) is 6.71. The molecule has 0 saturated carbocycles. The van der Waals surface area contributed by atoms with Gasteiger partial charge in [0.2, 0.25) is 0 Å². The summed E-state index contributed by atoms with van der Waals surface area (Å²) in [5.41, 5.74) is 4.35. The smallest absolute Gasteiger partial charge is 0.134 e. The van der Waals surface area contributed by atoms with Crippen molar-refractivity contribution < 1.29 is 9.53 Å². The zero-order valence-corrected chi connectivity index (χ0v) is 14.2. The molecule has 3 heteroatoms. The maximum Gasteiger partial charge on any atom is 0.134 e. The van der Waals surface area contributed by atoms with Crippen molar-refractivity contribution in [3.05, 3.63) is 65.4 Å². The predicted molar refractivity (Wildman–Crippen MR) is 99.2 cm³/mol. The van der Waals surface area contributed by atoms with E-state index in [1.54, 1.807) is 14.0 Å². The van der Waals surface area contributed by atoms with Crippen LogP contribution in [0, 0.1) is 0 Å². The third-order valence-electron chi connectivity index (χ3n) is 4.12. The maximum absolute atomic E-state index is 11.3. The van der Waals surface area contributed by atoms with Crippen LogP contribution in [0.3, 0.4) is 0 Å². The average Bonchev–Trinajstić information content (AvgIpc) is 2.89. The molecule has 122 valence electrons. The number of ether oxygens (including phenoxy) is 1. The SMILES string of the molecule is COc1cc(CC(C)=O)ccc1/C=C/c1cn(C)c2ccccc12. The number of aromatic nitrogens is 1. The van der Waals surface area contributed by atoms with E-state index in [0.717, 1.165) is 16.9 Å².